The maximum absolute atomic E-state index is 4.40. The highest BCUT2D eigenvalue weighted by Gasteiger charge is 2.00. The van der Waals surface area contributed by atoms with Crippen molar-refractivity contribution in [2.75, 3.05) is 26.2 Å². The lowest BCUT2D eigenvalue weighted by atomic mass is 10.2. The summed E-state index contributed by atoms with van der Waals surface area (Å²) in [5.74, 6) is 0.734. The lowest BCUT2D eigenvalue weighted by Crippen LogP contribution is -2.26. The summed E-state index contributed by atoms with van der Waals surface area (Å²) in [6, 6.07) is 8.27. The molecule has 0 atom stereocenters. The van der Waals surface area contributed by atoms with Crippen LogP contribution in [0.2, 0.25) is 0 Å². The molecule has 1 heterocycles. The van der Waals surface area contributed by atoms with Crippen molar-refractivity contribution in [3.05, 3.63) is 30.6 Å². The Hall–Kier alpha value is -1.39. The fourth-order valence-electron chi connectivity index (χ4n) is 2.24. The molecular weight excluding hydrogens is 248 g/mol. The second-order valence-electron chi connectivity index (χ2n) is 5.63. The zero-order chi connectivity index (χ0) is 14.2. The number of fused-ring (bicyclic) bond motifs is 1. The van der Waals surface area contributed by atoms with Crippen molar-refractivity contribution in [3.8, 4) is 0 Å². The third kappa shape index (κ3) is 4.62. The van der Waals surface area contributed by atoms with Crippen molar-refractivity contribution in [1.82, 2.24) is 20.2 Å². The molecule has 0 saturated heterocycles. The first kappa shape index (κ1) is 15.0. The third-order valence-electron chi connectivity index (χ3n) is 3.32. The summed E-state index contributed by atoms with van der Waals surface area (Å²) in [6.07, 6.45) is 3.11. The number of imidazole rings is 1. The Morgan fingerprint density at radius 3 is 2.75 bits per heavy atom. The molecule has 0 bridgehead atoms. The van der Waals surface area contributed by atoms with Crippen molar-refractivity contribution in [2.24, 2.45) is 5.92 Å². The van der Waals surface area contributed by atoms with Crippen LogP contribution in [-0.2, 0) is 6.54 Å². The summed E-state index contributed by atoms with van der Waals surface area (Å²) >= 11 is 0. The SMILES string of the molecule is CC(C)CNCCCNCCn1cnc2ccccc21. The minimum atomic E-state index is 0.734. The smallest absolute Gasteiger partial charge is 0.0958 e. The highest BCUT2D eigenvalue weighted by Crippen LogP contribution is 2.10. The van der Waals surface area contributed by atoms with E-state index in [2.05, 4.69) is 52.2 Å². The van der Waals surface area contributed by atoms with E-state index in [0.717, 1.165) is 44.2 Å². The highest BCUT2D eigenvalue weighted by atomic mass is 15.1. The molecule has 0 radical (unpaired) electrons. The molecule has 2 N–H and O–H groups in total. The Kier molecular flexibility index (Phi) is 6.02. The van der Waals surface area contributed by atoms with E-state index in [0.29, 0.717) is 0 Å². The van der Waals surface area contributed by atoms with Crippen molar-refractivity contribution in [2.45, 2.75) is 26.8 Å². The number of nitrogens with zero attached hydrogens (tertiary/aromatic N) is 2. The maximum Gasteiger partial charge on any atom is 0.0958 e. The number of para-hydroxylation sites is 2. The van der Waals surface area contributed by atoms with Gasteiger partial charge in [-0.05, 0) is 44.1 Å². The van der Waals surface area contributed by atoms with Gasteiger partial charge in [-0.25, -0.2) is 4.98 Å². The lowest BCUT2D eigenvalue weighted by molar-refractivity contribution is 0.524. The zero-order valence-electron chi connectivity index (χ0n) is 12.6. The normalized spacial score (nSPS) is 11.6. The third-order valence-corrected chi connectivity index (χ3v) is 3.32. The Balaban J connectivity index is 1.59. The van der Waals surface area contributed by atoms with Crippen LogP contribution >= 0.6 is 0 Å². The second-order valence-corrected chi connectivity index (χ2v) is 5.63. The summed E-state index contributed by atoms with van der Waals surface area (Å²) in [7, 11) is 0. The van der Waals surface area contributed by atoms with E-state index in [4.69, 9.17) is 0 Å². The van der Waals surface area contributed by atoms with E-state index < -0.39 is 0 Å². The molecular formula is C16H26N4. The molecule has 0 aliphatic carbocycles. The molecule has 0 amide bonds. The molecule has 0 aliphatic rings. The molecule has 2 aromatic rings. The van der Waals surface area contributed by atoms with Gasteiger partial charge in [-0.15, -0.1) is 0 Å². The van der Waals surface area contributed by atoms with E-state index in [1.807, 2.05) is 12.4 Å². The zero-order valence-corrected chi connectivity index (χ0v) is 12.6. The van der Waals surface area contributed by atoms with Crippen molar-refractivity contribution in [1.29, 1.82) is 0 Å². The van der Waals surface area contributed by atoms with Crippen LogP contribution in [0.3, 0.4) is 0 Å². The Bertz CT molecular complexity index is 504. The van der Waals surface area contributed by atoms with Crippen LogP contribution in [-0.4, -0.2) is 35.7 Å². The van der Waals surface area contributed by atoms with E-state index >= 15 is 0 Å². The summed E-state index contributed by atoms with van der Waals surface area (Å²) in [4.78, 5) is 4.40. The minimum Gasteiger partial charge on any atom is -0.329 e. The van der Waals surface area contributed by atoms with Gasteiger partial charge in [-0.3, -0.25) is 0 Å². The molecule has 4 heteroatoms. The number of benzene rings is 1. The van der Waals surface area contributed by atoms with E-state index in [9.17, 15) is 0 Å². The molecule has 0 aliphatic heterocycles. The van der Waals surface area contributed by atoms with Gasteiger partial charge in [0.2, 0.25) is 0 Å². The summed E-state index contributed by atoms with van der Waals surface area (Å²) in [5, 5.41) is 6.95. The molecule has 0 unspecified atom stereocenters. The molecule has 1 aromatic carbocycles. The highest BCUT2D eigenvalue weighted by molar-refractivity contribution is 5.74. The molecule has 0 saturated carbocycles. The van der Waals surface area contributed by atoms with Gasteiger partial charge in [0.25, 0.3) is 0 Å². The molecule has 110 valence electrons. The van der Waals surface area contributed by atoms with Gasteiger partial charge in [0.1, 0.15) is 0 Å². The van der Waals surface area contributed by atoms with Gasteiger partial charge >= 0.3 is 0 Å². The Morgan fingerprint density at radius 2 is 1.90 bits per heavy atom. The van der Waals surface area contributed by atoms with Gasteiger partial charge in [-0.1, -0.05) is 26.0 Å². The van der Waals surface area contributed by atoms with Crippen LogP contribution in [0.1, 0.15) is 20.3 Å². The van der Waals surface area contributed by atoms with Crippen LogP contribution in [0, 0.1) is 5.92 Å². The minimum absolute atomic E-state index is 0.734. The van der Waals surface area contributed by atoms with Gasteiger partial charge in [0.15, 0.2) is 0 Å². The standard InChI is InChI=1S/C16H26N4/c1-14(2)12-18-9-5-8-17-10-11-20-13-19-15-6-3-4-7-16(15)20/h3-4,6-7,13-14,17-18H,5,8-12H2,1-2H3. The number of hydrogen-bond acceptors (Lipinski definition) is 3. The molecule has 4 nitrogen and oxygen atoms in total. The second kappa shape index (κ2) is 8.02. The fourth-order valence-corrected chi connectivity index (χ4v) is 2.24. The van der Waals surface area contributed by atoms with E-state index in [1.165, 1.54) is 11.9 Å². The first-order valence-corrected chi connectivity index (χ1v) is 7.58. The summed E-state index contributed by atoms with van der Waals surface area (Å²) in [6.45, 7) is 9.71. The monoisotopic (exact) mass is 274 g/mol. The Labute approximate surface area is 121 Å². The fraction of sp³-hybridized carbons (Fsp3) is 0.562. The first-order valence-electron chi connectivity index (χ1n) is 7.58. The molecule has 2 rings (SSSR count). The average Bonchev–Trinajstić information content (AvgIpc) is 2.85. The van der Waals surface area contributed by atoms with Gasteiger partial charge < -0.3 is 15.2 Å². The van der Waals surface area contributed by atoms with Crippen LogP contribution in [0.4, 0.5) is 0 Å². The molecule has 1 aromatic heterocycles. The van der Waals surface area contributed by atoms with Crippen molar-refractivity contribution >= 4 is 11.0 Å². The topological polar surface area (TPSA) is 41.9 Å². The summed E-state index contributed by atoms with van der Waals surface area (Å²) < 4.78 is 2.21. The van der Waals surface area contributed by atoms with Crippen LogP contribution < -0.4 is 10.6 Å². The first-order chi connectivity index (χ1) is 9.77. The van der Waals surface area contributed by atoms with Gasteiger partial charge in [-0.2, -0.15) is 0 Å². The average molecular weight is 274 g/mol. The predicted molar refractivity (Wildman–Crippen MR) is 84.9 cm³/mol. The lowest BCUT2D eigenvalue weighted by Gasteiger charge is -2.08. The van der Waals surface area contributed by atoms with E-state index in [-0.39, 0.29) is 0 Å². The van der Waals surface area contributed by atoms with E-state index in [1.54, 1.807) is 0 Å². The molecule has 20 heavy (non-hydrogen) atoms. The largest absolute Gasteiger partial charge is 0.329 e. The van der Waals surface area contributed by atoms with Crippen molar-refractivity contribution in [3.63, 3.8) is 0 Å². The quantitative estimate of drug-likeness (QED) is 0.689. The number of nitrogens with one attached hydrogen (secondary N) is 2. The number of hydrogen-bond donors (Lipinski definition) is 2. The number of aromatic nitrogens is 2. The van der Waals surface area contributed by atoms with Gasteiger partial charge in [0, 0.05) is 13.1 Å². The van der Waals surface area contributed by atoms with Gasteiger partial charge in [0.05, 0.1) is 17.4 Å². The molecule has 0 spiro atoms. The number of rotatable bonds is 9. The molecule has 0 fully saturated rings. The summed E-state index contributed by atoms with van der Waals surface area (Å²) in [5.41, 5.74) is 2.29. The predicted octanol–water partition coefficient (Wildman–Crippen LogP) is 2.26. The Morgan fingerprint density at radius 1 is 1.10 bits per heavy atom. The van der Waals surface area contributed by atoms with Crippen LogP contribution in [0.25, 0.3) is 11.0 Å². The van der Waals surface area contributed by atoms with Crippen molar-refractivity contribution < 1.29 is 0 Å². The maximum atomic E-state index is 4.40. The van der Waals surface area contributed by atoms with Crippen LogP contribution in [0.15, 0.2) is 30.6 Å². The van der Waals surface area contributed by atoms with Crippen LogP contribution in [0.5, 0.6) is 0 Å².